The van der Waals surface area contributed by atoms with Gasteiger partial charge in [-0.05, 0) is 38.1 Å². The molecule has 0 spiro atoms. The molecule has 0 rings (SSSR count). The average Bonchev–Trinajstić information content (AvgIpc) is 2.16. The predicted molar refractivity (Wildman–Crippen MR) is 73.7 cm³/mol. The van der Waals surface area contributed by atoms with E-state index in [0.717, 1.165) is 19.5 Å². The molecular weight excluding hydrogens is 196 g/mol. The van der Waals surface area contributed by atoms with Crippen molar-refractivity contribution in [1.82, 2.24) is 5.32 Å². The van der Waals surface area contributed by atoms with Gasteiger partial charge in [-0.1, -0.05) is 40.0 Å². The minimum absolute atomic E-state index is 0.347. The molecule has 0 aliphatic rings. The van der Waals surface area contributed by atoms with Crippen molar-refractivity contribution in [1.29, 1.82) is 0 Å². The number of nitrogens with one attached hydrogen (secondary N) is 1. The SMILES string of the molecule is CCCCCC(C)(C)CNCCCC(C)N. The lowest BCUT2D eigenvalue weighted by molar-refractivity contribution is 0.301. The van der Waals surface area contributed by atoms with E-state index in [0.29, 0.717) is 11.5 Å². The van der Waals surface area contributed by atoms with Crippen LogP contribution in [0.3, 0.4) is 0 Å². The van der Waals surface area contributed by atoms with E-state index in [-0.39, 0.29) is 0 Å². The Morgan fingerprint density at radius 3 is 2.44 bits per heavy atom. The molecule has 98 valence electrons. The molecule has 0 fully saturated rings. The monoisotopic (exact) mass is 228 g/mol. The van der Waals surface area contributed by atoms with Gasteiger partial charge < -0.3 is 11.1 Å². The summed E-state index contributed by atoms with van der Waals surface area (Å²) in [6.45, 7) is 11.3. The van der Waals surface area contributed by atoms with Crippen molar-refractivity contribution in [2.24, 2.45) is 11.1 Å². The Balaban J connectivity index is 3.42. The van der Waals surface area contributed by atoms with Crippen LogP contribution in [0.2, 0.25) is 0 Å². The summed E-state index contributed by atoms with van der Waals surface area (Å²) >= 11 is 0. The van der Waals surface area contributed by atoms with Crippen molar-refractivity contribution >= 4 is 0 Å². The summed E-state index contributed by atoms with van der Waals surface area (Å²) in [4.78, 5) is 0. The topological polar surface area (TPSA) is 38.0 Å². The first-order chi connectivity index (χ1) is 7.48. The third-order valence-corrected chi connectivity index (χ3v) is 3.07. The fourth-order valence-electron chi connectivity index (χ4n) is 1.92. The van der Waals surface area contributed by atoms with Crippen LogP contribution in [0.1, 0.15) is 66.2 Å². The normalized spacial score (nSPS) is 14.1. The molecule has 0 aromatic heterocycles. The van der Waals surface area contributed by atoms with Crippen molar-refractivity contribution < 1.29 is 0 Å². The van der Waals surface area contributed by atoms with Gasteiger partial charge in [-0.25, -0.2) is 0 Å². The van der Waals surface area contributed by atoms with E-state index in [2.05, 4.69) is 33.0 Å². The zero-order chi connectivity index (χ0) is 12.4. The van der Waals surface area contributed by atoms with Gasteiger partial charge in [-0.3, -0.25) is 0 Å². The molecule has 0 aromatic rings. The average molecular weight is 228 g/mol. The minimum Gasteiger partial charge on any atom is -0.328 e. The first-order valence-corrected chi connectivity index (χ1v) is 6.94. The number of nitrogens with two attached hydrogens (primary N) is 1. The van der Waals surface area contributed by atoms with Crippen LogP contribution >= 0.6 is 0 Å². The molecule has 0 bridgehead atoms. The number of hydrogen-bond acceptors (Lipinski definition) is 2. The highest BCUT2D eigenvalue weighted by atomic mass is 14.9. The van der Waals surface area contributed by atoms with Crippen LogP contribution in [0.5, 0.6) is 0 Å². The predicted octanol–water partition coefficient (Wildman–Crippen LogP) is 3.31. The third kappa shape index (κ3) is 10.4. The second kappa shape index (κ2) is 9.00. The highest BCUT2D eigenvalue weighted by Crippen LogP contribution is 2.22. The van der Waals surface area contributed by atoms with Gasteiger partial charge in [0.25, 0.3) is 0 Å². The summed E-state index contributed by atoms with van der Waals surface area (Å²) in [6, 6.07) is 0.347. The lowest BCUT2D eigenvalue weighted by Gasteiger charge is -2.25. The first kappa shape index (κ1) is 15.9. The second-order valence-corrected chi connectivity index (χ2v) is 5.92. The molecule has 0 saturated heterocycles. The Hall–Kier alpha value is -0.0800. The van der Waals surface area contributed by atoms with Crippen molar-refractivity contribution in [2.45, 2.75) is 72.3 Å². The van der Waals surface area contributed by atoms with E-state index in [1.54, 1.807) is 0 Å². The lowest BCUT2D eigenvalue weighted by Crippen LogP contribution is -2.30. The van der Waals surface area contributed by atoms with Crippen LogP contribution in [0, 0.1) is 5.41 Å². The van der Waals surface area contributed by atoms with Crippen molar-refractivity contribution in [3.8, 4) is 0 Å². The Morgan fingerprint density at radius 2 is 1.88 bits per heavy atom. The van der Waals surface area contributed by atoms with E-state index in [1.165, 1.54) is 32.1 Å². The van der Waals surface area contributed by atoms with Crippen LogP contribution in [0.15, 0.2) is 0 Å². The molecule has 0 amide bonds. The van der Waals surface area contributed by atoms with Gasteiger partial charge in [0.2, 0.25) is 0 Å². The van der Waals surface area contributed by atoms with Gasteiger partial charge in [0, 0.05) is 12.6 Å². The molecule has 2 nitrogen and oxygen atoms in total. The maximum Gasteiger partial charge on any atom is 0.00109 e. The fraction of sp³-hybridized carbons (Fsp3) is 1.00. The number of hydrogen-bond donors (Lipinski definition) is 2. The summed E-state index contributed by atoms with van der Waals surface area (Å²) in [7, 11) is 0. The molecule has 1 unspecified atom stereocenters. The Morgan fingerprint density at radius 1 is 1.19 bits per heavy atom. The molecule has 0 aliphatic carbocycles. The summed E-state index contributed by atoms with van der Waals surface area (Å²) in [5.41, 5.74) is 6.16. The minimum atomic E-state index is 0.347. The summed E-state index contributed by atoms with van der Waals surface area (Å²) < 4.78 is 0. The van der Waals surface area contributed by atoms with Crippen LogP contribution in [-0.2, 0) is 0 Å². The maximum atomic E-state index is 5.71. The van der Waals surface area contributed by atoms with Gasteiger partial charge in [0.15, 0.2) is 0 Å². The van der Waals surface area contributed by atoms with Crippen LogP contribution in [0.25, 0.3) is 0 Å². The third-order valence-electron chi connectivity index (χ3n) is 3.07. The summed E-state index contributed by atoms with van der Waals surface area (Å²) in [5.74, 6) is 0. The quantitative estimate of drug-likeness (QED) is 0.563. The number of unbranched alkanes of at least 4 members (excludes halogenated alkanes) is 2. The first-order valence-electron chi connectivity index (χ1n) is 6.94. The number of rotatable bonds is 10. The molecule has 0 aliphatic heterocycles. The summed E-state index contributed by atoms with van der Waals surface area (Å²) in [5, 5.41) is 3.55. The molecule has 2 heteroatoms. The molecule has 0 saturated carbocycles. The van der Waals surface area contributed by atoms with Gasteiger partial charge >= 0.3 is 0 Å². The molecular formula is C14H32N2. The highest BCUT2D eigenvalue weighted by Gasteiger charge is 2.16. The van der Waals surface area contributed by atoms with Gasteiger partial charge in [-0.15, -0.1) is 0 Å². The van der Waals surface area contributed by atoms with E-state index in [9.17, 15) is 0 Å². The van der Waals surface area contributed by atoms with Crippen LogP contribution < -0.4 is 11.1 Å². The maximum absolute atomic E-state index is 5.71. The lowest BCUT2D eigenvalue weighted by atomic mass is 9.87. The van der Waals surface area contributed by atoms with Crippen LogP contribution in [-0.4, -0.2) is 19.1 Å². The smallest absolute Gasteiger partial charge is 0.00109 e. The Labute approximate surface area is 102 Å². The fourth-order valence-corrected chi connectivity index (χ4v) is 1.92. The molecule has 0 radical (unpaired) electrons. The Bertz CT molecular complexity index is 153. The van der Waals surface area contributed by atoms with Gasteiger partial charge in [0.1, 0.15) is 0 Å². The van der Waals surface area contributed by atoms with E-state index >= 15 is 0 Å². The zero-order valence-corrected chi connectivity index (χ0v) is 11.8. The summed E-state index contributed by atoms with van der Waals surface area (Å²) in [6.07, 6.45) is 7.71. The Kier molecular flexibility index (Phi) is 8.96. The molecule has 16 heavy (non-hydrogen) atoms. The van der Waals surface area contributed by atoms with E-state index < -0.39 is 0 Å². The van der Waals surface area contributed by atoms with Crippen molar-refractivity contribution in [2.75, 3.05) is 13.1 Å². The zero-order valence-electron chi connectivity index (χ0n) is 11.8. The van der Waals surface area contributed by atoms with Crippen molar-refractivity contribution in [3.05, 3.63) is 0 Å². The van der Waals surface area contributed by atoms with E-state index in [4.69, 9.17) is 5.73 Å². The van der Waals surface area contributed by atoms with Gasteiger partial charge in [-0.2, -0.15) is 0 Å². The van der Waals surface area contributed by atoms with Crippen molar-refractivity contribution in [3.63, 3.8) is 0 Å². The molecule has 0 aromatic carbocycles. The van der Waals surface area contributed by atoms with E-state index in [1.807, 2.05) is 0 Å². The standard InChI is InChI=1S/C14H32N2/c1-5-6-7-10-14(3,4)12-16-11-8-9-13(2)15/h13,16H,5-12,15H2,1-4H3. The van der Waals surface area contributed by atoms with Crippen LogP contribution in [0.4, 0.5) is 0 Å². The molecule has 0 heterocycles. The van der Waals surface area contributed by atoms with Gasteiger partial charge in [0.05, 0.1) is 0 Å². The second-order valence-electron chi connectivity index (χ2n) is 5.92. The molecule has 1 atom stereocenters. The highest BCUT2D eigenvalue weighted by molar-refractivity contribution is 4.71. The largest absolute Gasteiger partial charge is 0.328 e. The molecule has 3 N–H and O–H groups in total.